The molecule has 112 valence electrons. The number of carboxylic acid groups (broad SMARTS) is 1. The van der Waals surface area contributed by atoms with Gasteiger partial charge in [0.1, 0.15) is 11.5 Å². The summed E-state index contributed by atoms with van der Waals surface area (Å²) in [6.45, 7) is 4.35. The van der Waals surface area contributed by atoms with Crippen molar-refractivity contribution in [1.29, 1.82) is 0 Å². The van der Waals surface area contributed by atoms with Crippen LogP contribution in [0.3, 0.4) is 0 Å². The highest BCUT2D eigenvalue weighted by Gasteiger charge is 2.19. The summed E-state index contributed by atoms with van der Waals surface area (Å²) in [5.41, 5.74) is 0.884. The number of carbonyl (C=O) groups excluding carboxylic acids is 1. The van der Waals surface area contributed by atoms with Crippen molar-refractivity contribution in [2.75, 3.05) is 11.9 Å². The van der Waals surface area contributed by atoms with Crippen LogP contribution in [0.2, 0.25) is 0 Å². The number of aromatic nitrogens is 1. The van der Waals surface area contributed by atoms with Gasteiger partial charge in [0.15, 0.2) is 0 Å². The molecule has 0 saturated heterocycles. The van der Waals surface area contributed by atoms with Crippen LogP contribution in [-0.2, 0) is 6.54 Å². The number of urea groups is 1. The lowest BCUT2D eigenvalue weighted by molar-refractivity contribution is 0.0692. The number of amides is 2. The summed E-state index contributed by atoms with van der Waals surface area (Å²) in [5, 5.41) is 11.7. The van der Waals surface area contributed by atoms with Gasteiger partial charge in [0, 0.05) is 12.2 Å². The fourth-order valence-corrected chi connectivity index (χ4v) is 1.97. The Bertz CT molecular complexity index is 631. The Morgan fingerprint density at radius 3 is 2.81 bits per heavy atom. The fourth-order valence-electron chi connectivity index (χ4n) is 1.97. The third-order valence-electron chi connectivity index (χ3n) is 3.00. The quantitative estimate of drug-likeness (QED) is 0.788. The number of carbonyl (C=O) groups is 2. The first kappa shape index (κ1) is 14.7. The summed E-state index contributed by atoms with van der Waals surface area (Å²) in [6, 6.07) is 4.73. The molecular formula is C14H17N3O4. The molecule has 0 radical (unpaired) electrons. The van der Waals surface area contributed by atoms with E-state index < -0.39 is 5.97 Å². The predicted molar refractivity (Wildman–Crippen MR) is 76.3 cm³/mol. The van der Waals surface area contributed by atoms with Crippen molar-refractivity contribution >= 4 is 17.7 Å². The molecule has 0 fully saturated rings. The second-order valence-electron chi connectivity index (χ2n) is 4.57. The highest BCUT2D eigenvalue weighted by atomic mass is 16.4. The van der Waals surface area contributed by atoms with Crippen LogP contribution in [0.5, 0.6) is 0 Å². The molecule has 0 aliphatic rings. The molecule has 7 heteroatoms. The molecule has 2 aromatic heterocycles. The number of furan rings is 1. The molecular weight excluding hydrogens is 274 g/mol. The van der Waals surface area contributed by atoms with Gasteiger partial charge < -0.3 is 24.7 Å². The standard InChI is InChI=1S/C14H17N3O4/c1-3-17(8-10-5-4-6-21-10)14(20)16-11-7-9(2)15-12(11)13(18)19/h4-7,15H,3,8H2,1-2H3,(H,16,20)(H,18,19). The molecule has 0 bridgehead atoms. The van der Waals surface area contributed by atoms with E-state index in [1.54, 1.807) is 31.4 Å². The van der Waals surface area contributed by atoms with Gasteiger partial charge in [-0.05, 0) is 32.0 Å². The SMILES string of the molecule is CCN(Cc1ccco1)C(=O)Nc1cc(C)[nH]c1C(=O)O. The summed E-state index contributed by atoms with van der Waals surface area (Å²) in [4.78, 5) is 27.5. The lowest BCUT2D eigenvalue weighted by Gasteiger charge is -2.20. The lowest BCUT2D eigenvalue weighted by atomic mass is 10.3. The van der Waals surface area contributed by atoms with Gasteiger partial charge in [0.05, 0.1) is 18.5 Å². The number of nitrogens with zero attached hydrogens (tertiary/aromatic N) is 1. The van der Waals surface area contributed by atoms with E-state index in [4.69, 9.17) is 9.52 Å². The molecule has 0 unspecified atom stereocenters. The minimum absolute atomic E-state index is 0.0325. The topological polar surface area (TPSA) is 98.6 Å². The Morgan fingerprint density at radius 2 is 2.24 bits per heavy atom. The molecule has 0 spiro atoms. The van der Waals surface area contributed by atoms with Crippen molar-refractivity contribution in [1.82, 2.24) is 9.88 Å². The normalized spacial score (nSPS) is 10.4. The average molecular weight is 291 g/mol. The maximum Gasteiger partial charge on any atom is 0.354 e. The zero-order chi connectivity index (χ0) is 15.4. The van der Waals surface area contributed by atoms with E-state index in [1.807, 2.05) is 6.92 Å². The van der Waals surface area contributed by atoms with E-state index in [9.17, 15) is 9.59 Å². The van der Waals surface area contributed by atoms with Gasteiger partial charge in [-0.1, -0.05) is 0 Å². The Hall–Kier alpha value is -2.70. The predicted octanol–water partition coefficient (Wildman–Crippen LogP) is 2.67. The minimum atomic E-state index is -1.12. The fraction of sp³-hybridized carbons (Fsp3) is 0.286. The summed E-state index contributed by atoms with van der Waals surface area (Å²) in [6.07, 6.45) is 1.54. The first-order chi connectivity index (χ1) is 10.0. The highest BCUT2D eigenvalue weighted by molar-refractivity contribution is 5.99. The number of nitrogens with one attached hydrogen (secondary N) is 2. The van der Waals surface area contributed by atoms with Crippen LogP contribution in [0.15, 0.2) is 28.9 Å². The Labute approximate surface area is 121 Å². The summed E-state index contributed by atoms with van der Waals surface area (Å²) >= 11 is 0. The molecule has 2 rings (SSSR count). The third kappa shape index (κ3) is 3.44. The first-order valence-electron chi connectivity index (χ1n) is 6.52. The zero-order valence-electron chi connectivity index (χ0n) is 11.8. The van der Waals surface area contributed by atoms with Crippen LogP contribution in [0.4, 0.5) is 10.5 Å². The smallest absolute Gasteiger partial charge is 0.354 e. The number of aryl methyl sites for hydroxylation is 1. The maximum atomic E-state index is 12.2. The largest absolute Gasteiger partial charge is 0.477 e. The molecule has 0 aliphatic heterocycles. The molecule has 7 nitrogen and oxygen atoms in total. The van der Waals surface area contributed by atoms with Crippen LogP contribution in [0.25, 0.3) is 0 Å². The van der Waals surface area contributed by atoms with Gasteiger partial charge >= 0.3 is 12.0 Å². The first-order valence-corrected chi connectivity index (χ1v) is 6.52. The average Bonchev–Trinajstić information content (AvgIpc) is 3.05. The molecule has 2 aromatic rings. The molecule has 0 aromatic carbocycles. The van der Waals surface area contributed by atoms with Crippen LogP contribution in [0.1, 0.15) is 28.9 Å². The zero-order valence-corrected chi connectivity index (χ0v) is 11.8. The summed E-state index contributed by atoms with van der Waals surface area (Å²) in [5.74, 6) is -0.455. The second-order valence-corrected chi connectivity index (χ2v) is 4.57. The lowest BCUT2D eigenvalue weighted by Crippen LogP contribution is -2.34. The number of aromatic carboxylic acids is 1. The van der Waals surface area contributed by atoms with Gasteiger partial charge in [-0.15, -0.1) is 0 Å². The van der Waals surface area contributed by atoms with Gasteiger partial charge in [0.2, 0.25) is 0 Å². The van der Waals surface area contributed by atoms with Crippen LogP contribution in [0, 0.1) is 6.92 Å². The summed E-state index contributed by atoms with van der Waals surface area (Å²) < 4.78 is 5.21. The van der Waals surface area contributed by atoms with E-state index >= 15 is 0 Å². The van der Waals surface area contributed by atoms with Gasteiger partial charge in [-0.3, -0.25) is 0 Å². The number of H-pyrrole nitrogens is 1. The molecule has 0 atom stereocenters. The van der Waals surface area contributed by atoms with Crippen molar-refractivity contribution in [2.24, 2.45) is 0 Å². The molecule has 2 amide bonds. The second kappa shape index (κ2) is 6.17. The van der Waals surface area contributed by atoms with E-state index in [2.05, 4.69) is 10.3 Å². The number of hydrogen-bond donors (Lipinski definition) is 3. The number of rotatable bonds is 5. The minimum Gasteiger partial charge on any atom is -0.477 e. The van der Waals surface area contributed by atoms with Crippen LogP contribution < -0.4 is 5.32 Å². The van der Waals surface area contributed by atoms with E-state index in [0.29, 0.717) is 24.5 Å². The Kier molecular flexibility index (Phi) is 4.32. The van der Waals surface area contributed by atoms with Gasteiger partial charge in [-0.2, -0.15) is 0 Å². The molecule has 2 heterocycles. The number of aromatic amines is 1. The Morgan fingerprint density at radius 1 is 1.48 bits per heavy atom. The van der Waals surface area contributed by atoms with E-state index in [1.165, 1.54) is 4.90 Å². The molecule has 0 saturated carbocycles. The van der Waals surface area contributed by atoms with Gasteiger partial charge in [0.25, 0.3) is 0 Å². The number of carboxylic acids is 1. The van der Waals surface area contributed by atoms with Crippen molar-refractivity contribution < 1.29 is 19.1 Å². The molecule has 3 N–H and O–H groups in total. The van der Waals surface area contributed by atoms with Crippen molar-refractivity contribution in [3.8, 4) is 0 Å². The van der Waals surface area contributed by atoms with E-state index in [0.717, 1.165) is 0 Å². The number of hydrogen-bond acceptors (Lipinski definition) is 3. The van der Waals surface area contributed by atoms with Crippen LogP contribution in [-0.4, -0.2) is 33.5 Å². The third-order valence-corrected chi connectivity index (χ3v) is 3.00. The van der Waals surface area contributed by atoms with Crippen molar-refractivity contribution in [3.05, 3.63) is 41.6 Å². The monoisotopic (exact) mass is 291 g/mol. The van der Waals surface area contributed by atoms with Crippen molar-refractivity contribution in [2.45, 2.75) is 20.4 Å². The Balaban J connectivity index is 2.10. The summed E-state index contributed by atoms with van der Waals surface area (Å²) in [7, 11) is 0. The van der Waals surface area contributed by atoms with Crippen molar-refractivity contribution in [3.63, 3.8) is 0 Å². The highest BCUT2D eigenvalue weighted by Crippen LogP contribution is 2.18. The number of anilines is 1. The molecule has 0 aliphatic carbocycles. The molecule has 21 heavy (non-hydrogen) atoms. The van der Waals surface area contributed by atoms with E-state index in [-0.39, 0.29) is 17.4 Å². The van der Waals surface area contributed by atoms with Gasteiger partial charge in [-0.25, -0.2) is 9.59 Å². The maximum absolute atomic E-state index is 12.2. The van der Waals surface area contributed by atoms with Crippen LogP contribution >= 0.6 is 0 Å².